The Labute approximate surface area is 179 Å². The van der Waals surface area contributed by atoms with Gasteiger partial charge in [-0.2, -0.15) is 5.10 Å². The third-order valence-corrected chi connectivity index (χ3v) is 4.57. The molecule has 1 heterocycles. The molecule has 7 heteroatoms. The number of aromatic nitrogens is 2. The SMILES string of the molecule is COc1cccc(C=NNc2cc(-c3ccccc3)nc(-c3ccccc3O)n2)c1O. The summed E-state index contributed by atoms with van der Waals surface area (Å²) in [7, 11) is 1.49. The molecule has 0 aliphatic heterocycles. The lowest BCUT2D eigenvalue weighted by molar-refractivity contribution is 0.373. The van der Waals surface area contributed by atoms with Crippen molar-refractivity contribution in [2.24, 2.45) is 5.10 Å². The Kier molecular flexibility index (Phi) is 5.75. The molecular formula is C24H20N4O3. The number of phenolic OH excluding ortho intramolecular Hbond substituents is 2. The van der Waals surface area contributed by atoms with Gasteiger partial charge in [-0.1, -0.05) is 48.5 Å². The molecule has 0 atom stereocenters. The van der Waals surface area contributed by atoms with E-state index in [-0.39, 0.29) is 11.5 Å². The maximum absolute atomic E-state index is 10.3. The summed E-state index contributed by atoms with van der Waals surface area (Å²) >= 11 is 0. The van der Waals surface area contributed by atoms with E-state index >= 15 is 0 Å². The molecule has 1 aromatic heterocycles. The first-order chi connectivity index (χ1) is 15.2. The molecule has 0 aliphatic carbocycles. The Bertz CT molecular complexity index is 1230. The third-order valence-electron chi connectivity index (χ3n) is 4.57. The Morgan fingerprint density at radius 3 is 2.45 bits per heavy atom. The van der Waals surface area contributed by atoms with E-state index in [0.717, 1.165) is 5.56 Å². The normalized spacial score (nSPS) is 10.9. The van der Waals surface area contributed by atoms with E-state index in [4.69, 9.17) is 4.74 Å². The number of phenols is 2. The molecule has 3 aromatic carbocycles. The van der Waals surface area contributed by atoms with E-state index < -0.39 is 0 Å². The lowest BCUT2D eigenvalue weighted by atomic mass is 10.1. The molecule has 7 nitrogen and oxygen atoms in total. The lowest BCUT2D eigenvalue weighted by Gasteiger charge is -2.09. The highest BCUT2D eigenvalue weighted by atomic mass is 16.5. The number of hydrogen-bond acceptors (Lipinski definition) is 7. The Hall–Kier alpha value is -4.39. The molecule has 4 rings (SSSR count). The number of hydrogen-bond donors (Lipinski definition) is 3. The van der Waals surface area contributed by atoms with Crippen molar-refractivity contribution in [3.8, 4) is 39.9 Å². The zero-order valence-electron chi connectivity index (χ0n) is 16.7. The number of nitrogens with zero attached hydrogens (tertiary/aromatic N) is 3. The number of ether oxygens (including phenoxy) is 1. The van der Waals surface area contributed by atoms with Crippen molar-refractivity contribution in [2.75, 3.05) is 12.5 Å². The van der Waals surface area contributed by atoms with E-state index in [2.05, 4.69) is 20.5 Å². The summed E-state index contributed by atoms with van der Waals surface area (Å²) in [5, 5.41) is 24.7. The number of benzene rings is 3. The first kappa shape index (κ1) is 19.9. The first-order valence-corrected chi connectivity index (χ1v) is 9.53. The van der Waals surface area contributed by atoms with Gasteiger partial charge in [-0.25, -0.2) is 9.97 Å². The minimum atomic E-state index is -0.00175. The van der Waals surface area contributed by atoms with Gasteiger partial charge in [-0.15, -0.1) is 0 Å². The highest BCUT2D eigenvalue weighted by molar-refractivity contribution is 5.85. The van der Waals surface area contributed by atoms with Crippen molar-refractivity contribution in [3.63, 3.8) is 0 Å². The second-order valence-corrected chi connectivity index (χ2v) is 6.61. The number of hydrazone groups is 1. The van der Waals surface area contributed by atoms with Crippen LogP contribution < -0.4 is 10.2 Å². The Morgan fingerprint density at radius 2 is 1.68 bits per heavy atom. The monoisotopic (exact) mass is 412 g/mol. The average Bonchev–Trinajstić information content (AvgIpc) is 2.81. The van der Waals surface area contributed by atoms with Gasteiger partial charge in [0.1, 0.15) is 5.75 Å². The van der Waals surface area contributed by atoms with Gasteiger partial charge < -0.3 is 14.9 Å². The van der Waals surface area contributed by atoms with Crippen LogP contribution in [0.1, 0.15) is 5.56 Å². The third kappa shape index (κ3) is 4.45. The summed E-state index contributed by atoms with van der Waals surface area (Å²) in [6.45, 7) is 0. The van der Waals surface area contributed by atoms with Crippen LogP contribution in [0.15, 0.2) is 84.0 Å². The van der Waals surface area contributed by atoms with Gasteiger partial charge in [-0.05, 0) is 24.3 Å². The molecule has 4 aromatic rings. The van der Waals surface area contributed by atoms with Crippen molar-refractivity contribution in [1.29, 1.82) is 0 Å². The van der Waals surface area contributed by atoms with Crippen LogP contribution in [-0.2, 0) is 0 Å². The van der Waals surface area contributed by atoms with Gasteiger partial charge in [0.2, 0.25) is 0 Å². The van der Waals surface area contributed by atoms with Crippen LogP contribution in [0.5, 0.6) is 17.2 Å². The first-order valence-electron chi connectivity index (χ1n) is 9.53. The van der Waals surface area contributed by atoms with E-state index in [0.29, 0.717) is 34.2 Å². The van der Waals surface area contributed by atoms with Crippen molar-refractivity contribution in [1.82, 2.24) is 9.97 Å². The molecule has 0 saturated heterocycles. The van der Waals surface area contributed by atoms with Crippen molar-refractivity contribution >= 4 is 12.0 Å². The molecule has 0 aliphatic rings. The molecule has 0 unspecified atom stereocenters. The van der Waals surface area contributed by atoms with Crippen LogP contribution in [0.3, 0.4) is 0 Å². The quantitative estimate of drug-likeness (QED) is 0.314. The summed E-state index contributed by atoms with van der Waals surface area (Å²) < 4.78 is 5.11. The summed E-state index contributed by atoms with van der Waals surface area (Å²) in [5.41, 5.74) is 5.46. The molecule has 0 saturated carbocycles. The number of aromatic hydroxyl groups is 2. The number of rotatable bonds is 6. The second kappa shape index (κ2) is 8.96. The molecule has 0 fully saturated rings. The maximum atomic E-state index is 10.3. The zero-order valence-corrected chi connectivity index (χ0v) is 16.7. The van der Waals surface area contributed by atoms with Crippen molar-refractivity contribution < 1.29 is 14.9 Å². The van der Waals surface area contributed by atoms with Gasteiger partial charge >= 0.3 is 0 Å². The van der Waals surface area contributed by atoms with Gasteiger partial charge in [0.15, 0.2) is 23.1 Å². The predicted molar refractivity (Wildman–Crippen MR) is 120 cm³/mol. The molecule has 154 valence electrons. The van der Waals surface area contributed by atoms with Crippen molar-refractivity contribution in [3.05, 3.63) is 84.4 Å². The fourth-order valence-corrected chi connectivity index (χ4v) is 3.02. The fourth-order valence-electron chi connectivity index (χ4n) is 3.02. The fraction of sp³-hybridized carbons (Fsp3) is 0.0417. The van der Waals surface area contributed by atoms with Crippen molar-refractivity contribution in [2.45, 2.75) is 0 Å². The Balaban J connectivity index is 1.70. The summed E-state index contributed by atoms with van der Waals surface area (Å²) in [6.07, 6.45) is 1.47. The number of methoxy groups -OCH3 is 1. The zero-order chi connectivity index (χ0) is 21.6. The lowest BCUT2D eigenvalue weighted by Crippen LogP contribution is -1.99. The summed E-state index contributed by atoms with van der Waals surface area (Å²) in [6, 6.07) is 23.5. The molecule has 3 N–H and O–H groups in total. The van der Waals surface area contributed by atoms with Crippen LogP contribution in [0.25, 0.3) is 22.6 Å². The van der Waals surface area contributed by atoms with E-state index in [1.165, 1.54) is 13.3 Å². The largest absolute Gasteiger partial charge is 0.507 e. The number of para-hydroxylation sites is 2. The highest BCUT2D eigenvalue weighted by Crippen LogP contribution is 2.30. The second-order valence-electron chi connectivity index (χ2n) is 6.61. The molecule has 31 heavy (non-hydrogen) atoms. The topological polar surface area (TPSA) is 99.9 Å². The van der Waals surface area contributed by atoms with Crippen LogP contribution in [-0.4, -0.2) is 33.5 Å². The predicted octanol–water partition coefficient (Wildman–Crippen LogP) is 4.68. The van der Waals surface area contributed by atoms with Crippen LogP contribution >= 0.6 is 0 Å². The molecule has 0 radical (unpaired) electrons. The standard InChI is InChI=1S/C24H20N4O3/c1-31-21-13-7-10-17(23(21)30)15-25-28-22-14-19(16-8-3-2-4-9-16)26-24(27-22)18-11-5-6-12-20(18)29/h2-15,29-30H,1H3,(H,26,27,28). The van der Waals surface area contributed by atoms with E-state index in [1.807, 2.05) is 36.4 Å². The number of anilines is 1. The summed E-state index contributed by atoms with van der Waals surface area (Å²) in [5.74, 6) is 1.24. The van der Waals surface area contributed by atoms with E-state index in [1.54, 1.807) is 42.5 Å². The maximum Gasteiger partial charge on any atom is 0.166 e. The van der Waals surface area contributed by atoms with Gasteiger partial charge in [-0.3, -0.25) is 5.43 Å². The van der Waals surface area contributed by atoms with Crippen LogP contribution in [0, 0.1) is 0 Å². The smallest absolute Gasteiger partial charge is 0.166 e. The summed E-state index contributed by atoms with van der Waals surface area (Å²) in [4.78, 5) is 9.11. The Morgan fingerprint density at radius 1 is 0.903 bits per heavy atom. The van der Waals surface area contributed by atoms with E-state index in [9.17, 15) is 10.2 Å². The van der Waals surface area contributed by atoms with Gasteiger partial charge in [0.25, 0.3) is 0 Å². The molecule has 0 bridgehead atoms. The number of nitrogens with one attached hydrogen (secondary N) is 1. The minimum absolute atomic E-state index is 0.00175. The molecule has 0 amide bonds. The highest BCUT2D eigenvalue weighted by Gasteiger charge is 2.11. The average molecular weight is 412 g/mol. The minimum Gasteiger partial charge on any atom is -0.507 e. The molecular weight excluding hydrogens is 392 g/mol. The van der Waals surface area contributed by atoms with Crippen LogP contribution in [0.2, 0.25) is 0 Å². The van der Waals surface area contributed by atoms with Gasteiger partial charge in [0, 0.05) is 17.2 Å². The van der Waals surface area contributed by atoms with Crippen LogP contribution in [0.4, 0.5) is 5.82 Å². The van der Waals surface area contributed by atoms with Gasteiger partial charge in [0.05, 0.1) is 24.6 Å². The molecule has 0 spiro atoms.